The number of hydrogen-bond donors (Lipinski definition) is 1. The Balaban J connectivity index is 1.95. The SMILES string of the molecule is COCCNCC(Cc1ncnn1C(C)C)C1CCCC1. The number of nitrogens with zero attached hydrogens (tertiary/aromatic N) is 3. The Morgan fingerprint density at radius 1 is 1.38 bits per heavy atom. The van der Waals surface area contributed by atoms with Gasteiger partial charge in [-0.2, -0.15) is 5.10 Å². The summed E-state index contributed by atoms with van der Waals surface area (Å²) in [5.41, 5.74) is 0. The molecule has 0 aromatic carbocycles. The van der Waals surface area contributed by atoms with Gasteiger partial charge in [-0.1, -0.05) is 25.7 Å². The van der Waals surface area contributed by atoms with E-state index in [0.717, 1.165) is 37.9 Å². The second-order valence-electron chi connectivity index (χ2n) is 6.42. The van der Waals surface area contributed by atoms with Crippen LogP contribution in [-0.2, 0) is 11.2 Å². The quantitative estimate of drug-likeness (QED) is 0.711. The maximum atomic E-state index is 5.12. The normalized spacial score (nSPS) is 17.7. The first-order chi connectivity index (χ1) is 10.2. The van der Waals surface area contributed by atoms with Gasteiger partial charge in [-0.15, -0.1) is 0 Å². The van der Waals surface area contributed by atoms with Crippen molar-refractivity contribution in [3.63, 3.8) is 0 Å². The van der Waals surface area contributed by atoms with Crippen LogP contribution in [0.2, 0.25) is 0 Å². The zero-order valence-corrected chi connectivity index (χ0v) is 13.7. The second-order valence-corrected chi connectivity index (χ2v) is 6.42. The number of ether oxygens (including phenoxy) is 1. The van der Waals surface area contributed by atoms with E-state index < -0.39 is 0 Å². The Bertz CT molecular complexity index is 399. The van der Waals surface area contributed by atoms with Crippen LogP contribution in [0.25, 0.3) is 0 Å². The van der Waals surface area contributed by atoms with Crippen LogP contribution < -0.4 is 5.32 Å². The molecule has 21 heavy (non-hydrogen) atoms. The molecule has 120 valence electrons. The molecule has 1 heterocycles. The van der Waals surface area contributed by atoms with Crippen molar-refractivity contribution >= 4 is 0 Å². The van der Waals surface area contributed by atoms with E-state index >= 15 is 0 Å². The van der Waals surface area contributed by atoms with E-state index in [1.807, 2.05) is 0 Å². The summed E-state index contributed by atoms with van der Waals surface area (Å²) in [5, 5.41) is 7.91. The van der Waals surface area contributed by atoms with Gasteiger partial charge in [-0.25, -0.2) is 9.67 Å². The molecule has 1 atom stereocenters. The lowest BCUT2D eigenvalue weighted by atomic mass is 9.87. The molecule has 0 aliphatic heterocycles. The van der Waals surface area contributed by atoms with Gasteiger partial charge in [0.2, 0.25) is 0 Å². The number of aromatic nitrogens is 3. The Morgan fingerprint density at radius 3 is 2.81 bits per heavy atom. The Morgan fingerprint density at radius 2 is 2.14 bits per heavy atom. The maximum absolute atomic E-state index is 5.12. The standard InChI is InChI=1S/C16H30N4O/c1-13(2)20-16(18-12-19-20)10-15(11-17-8-9-21-3)14-6-4-5-7-14/h12-15,17H,4-11H2,1-3H3. The molecule has 2 rings (SSSR count). The smallest absolute Gasteiger partial charge is 0.138 e. The monoisotopic (exact) mass is 294 g/mol. The fourth-order valence-corrected chi connectivity index (χ4v) is 3.38. The molecular weight excluding hydrogens is 264 g/mol. The van der Waals surface area contributed by atoms with Crippen LogP contribution >= 0.6 is 0 Å². The van der Waals surface area contributed by atoms with Crippen molar-refractivity contribution in [3.8, 4) is 0 Å². The first-order valence-electron chi connectivity index (χ1n) is 8.30. The third-order valence-corrected chi connectivity index (χ3v) is 4.54. The van der Waals surface area contributed by atoms with E-state index in [0.29, 0.717) is 12.0 Å². The minimum absolute atomic E-state index is 0.383. The van der Waals surface area contributed by atoms with Crippen molar-refractivity contribution in [2.24, 2.45) is 11.8 Å². The van der Waals surface area contributed by atoms with Gasteiger partial charge >= 0.3 is 0 Å². The lowest BCUT2D eigenvalue weighted by Gasteiger charge is -2.24. The zero-order valence-electron chi connectivity index (χ0n) is 13.7. The van der Waals surface area contributed by atoms with Crippen LogP contribution in [0, 0.1) is 11.8 Å². The molecule has 5 nitrogen and oxygen atoms in total. The highest BCUT2D eigenvalue weighted by molar-refractivity contribution is 4.92. The molecule has 1 aromatic heterocycles. The maximum Gasteiger partial charge on any atom is 0.138 e. The molecule has 1 aromatic rings. The Hall–Kier alpha value is -0.940. The van der Waals surface area contributed by atoms with Crippen molar-refractivity contribution in [3.05, 3.63) is 12.2 Å². The van der Waals surface area contributed by atoms with Gasteiger partial charge in [-0.05, 0) is 32.2 Å². The van der Waals surface area contributed by atoms with E-state index in [1.54, 1.807) is 13.4 Å². The van der Waals surface area contributed by atoms with Crippen molar-refractivity contribution in [2.45, 2.75) is 52.0 Å². The predicted molar refractivity (Wildman–Crippen MR) is 84.3 cm³/mol. The summed E-state index contributed by atoms with van der Waals surface area (Å²) in [6, 6.07) is 0.383. The molecule has 0 radical (unpaired) electrons. The fraction of sp³-hybridized carbons (Fsp3) is 0.875. The van der Waals surface area contributed by atoms with Crippen LogP contribution in [0.15, 0.2) is 6.33 Å². The van der Waals surface area contributed by atoms with Crippen LogP contribution in [-0.4, -0.2) is 41.6 Å². The van der Waals surface area contributed by atoms with Crippen LogP contribution in [0.4, 0.5) is 0 Å². The highest BCUT2D eigenvalue weighted by Crippen LogP contribution is 2.33. The summed E-state index contributed by atoms with van der Waals surface area (Å²) in [6.07, 6.45) is 8.23. The Kier molecular flexibility index (Phi) is 6.64. The summed E-state index contributed by atoms with van der Waals surface area (Å²) in [5.74, 6) is 2.62. The molecule has 0 bridgehead atoms. The molecule has 0 saturated heterocycles. The van der Waals surface area contributed by atoms with Crippen molar-refractivity contribution < 1.29 is 4.74 Å². The van der Waals surface area contributed by atoms with E-state index in [4.69, 9.17) is 4.74 Å². The third-order valence-electron chi connectivity index (χ3n) is 4.54. The van der Waals surface area contributed by atoms with Gasteiger partial charge in [0.15, 0.2) is 0 Å². The summed E-state index contributed by atoms with van der Waals surface area (Å²) >= 11 is 0. The highest BCUT2D eigenvalue weighted by atomic mass is 16.5. The van der Waals surface area contributed by atoms with E-state index in [9.17, 15) is 0 Å². The molecule has 1 aliphatic carbocycles. The first-order valence-corrected chi connectivity index (χ1v) is 8.30. The van der Waals surface area contributed by atoms with Crippen molar-refractivity contribution in [2.75, 3.05) is 26.8 Å². The van der Waals surface area contributed by atoms with Crippen molar-refractivity contribution in [1.29, 1.82) is 0 Å². The fourth-order valence-electron chi connectivity index (χ4n) is 3.38. The van der Waals surface area contributed by atoms with E-state index in [1.165, 1.54) is 25.7 Å². The molecular formula is C16H30N4O. The van der Waals surface area contributed by atoms with Crippen molar-refractivity contribution in [1.82, 2.24) is 20.1 Å². The number of methoxy groups -OCH3 is 1. The third kappa shape index (κ3) is 4.78. The molecule has 1 saturated carbocycles. The number of nitrogens with one attached hydrogen (secondary N) is 1. The van der Waals surface area contributed by atoms with E-state index in [-0.39, 0.29) is 0 Å². The molecule has 1 unspecified atom stereocenters. The van der Waals surface area contributed by atoms with Crippen LogP contribution in [0.5, 0.6) is 0 Å². The molecule has 1 N–H and O–H groups in total. The van der Waals surface area contributed by atoms with Gasteiger partial charge < -0.3 is 10.1 Å². The van der Waals surface area contributed by atoms with Gasteiger partial charge in [-0.3, -0.25) is 0 Å². The number of hydrogen-bond acceptors (Lipinski definition) is 4. The first kappa shape index (κ1) is 16.4. The topological polar surface area (TPSA) is 52.0 Å². The molecule has 1 fully saturated rings. The minimum Gasteiger partial charge on any atom is -0.383 e. The summed E-state index contributed by atoms with van der Waals surface area (Å²) in [4.78, 5) is 4.49. The molecule has 5 heteroatoms. The largest absolute Gasteiger partial charge is 0.383 e. The highest BCUT2D eigenvalue weighted by Gasteiger charge is 2.26. The zero-order chi connectivity index (χ0) is 15.1. The second kappa shape index (κ2) is 8.49. The lowest BCUT2D eigenvalue weighted by Crippen LogP contribution is -2.32. The van der Waals surface area contributed by atoms with Gasteiger partial charge in [0, 0.05) is 26.1 Å². The minimum atomic E-state index is 0.383. The molecule has 0 spiro atoms. The van der Waals surface area contributed by atoms with Gasteiger partial charge in [0.1, 0.15) is 12.2 Å². The van der Waals surface area contributed by atoms with E-state index in [2.05, 4.69) is 33.9 Å². The summed E-state index contributed by atoms with van der Waals surface area (Å²) < 4.78 is 7.18. The van der Waals surface area contributed by atoms with Gasteiger partial charge in [0.05, 0.1) is 6.61 Å². The number of rotatable bonds is 9. The average Bonchev–Trinajstić information content (AvgIpc) is 3.12. The lowest BCUT2D eigenvalue weighted by molar-refractivity contribution is 0.194. The summed E-state index contributed by atoms with van der Waals surface area (Å²) in [6.45, 7) is 7.09. The predicted octanol–water partition coefficient (Wildman–Crippen LogP) is 2.44. The van der Waals surface area contributed by atoms with Gasteiger partial charge in [0.25, 0.3) is 0 Å². The summed E-state index contributed by atoms with van der Waals surface area (Å²) in [7, 11) is 1.75. The average molecular weight is 294 g/mol. The van der Waals surface area contributed by atoms with Crippen LogP contribution in [0.3, 0.4) is 0 Å². The molecule has 1 aliphatic rings. The van der Waals surface area contributed by atoms with Crippen LogP contribution in [0.1, 0.15) is 51.4 Å². The molecule has 0 amide bonds. The Labute approximate surface area is 128 Å².